The topological polar surface area (TPSA) is 78.4 Å². The van der Waals surface area contributed by atoms with Crippen LogP contribution in [-0.4, -0.2) is 23.1 Å². The highest BCUT2D eigenvalue weighted by Crippen LogP contribution is 2.42. The van der Waals surface area contributed by atoms with Gasteiger partial charge in [-0.05, 0) is 51.0 Å². The van der Waals surface area contributed by atoms with Crippen LogP contribution in [0.5, 0.6) is 0 Å². The predicted molar refractivity (Wildman–Crippen MR) is 86.9 cm³/mol. The molecule has 0 saturated heterocycles. The molecule has 0 bridgehead atoms. The number of carbonyl (C=O) groups excluding carboxylic acids is 1. The molecule has 2 saturated carbocycles. The SMILES string of the molecule is O=C(NC1CCC(C(=O)O)CC1)NC1(c2ccc(F)cc2F)CCC1. The molecule has 136 valence electrons. The molecule has 0 spiro atoms. The van der Waals surface area contributed by atoms with Gasteiger partial charge in [0, 0.05) is 17.7 Å². The number of carbonyl (C=O) groups is 2. The first kappa shape index (κ1) is 17.6. The minimum atomic E-state index is -0.792. The number of carboxylic acids is 1. The highest BCUT2D eigenvalue weighted by Gasteiger charge is 2.42. The van der Waals surface area contributed by atoms with Crippen LogP contribution in [0.15, 0.2) is 18.2 Å². The fourth-order valence-electron chi connectivity index (χ4n) is 3.79. The molecule has 25 heavy (non-hydrogen) atoms. The molecule has 1 aromatic carbocycles. The summed E-state index contributed by atoms with van der Waals surface area (Å²) in [5, 5.41) is 14.7. The number of amides is 2. The third-order valence-corrected chi connectivity index (χ3v) is 5.42. The fraction of sp³-hybridized carbons (Fsp3) is 0.556. The van der Waals surface area contributed by atoms with E-state index >= 15 is 0 Å². The van der Waals surface area contributed by atoms with Crippen LogP contribution in [0.3, 0.4) is 0 Å². The quantitative estimate of drug-likeness (QED) is 0.778. The normalized spacial score (nSPS) is 24.9. The van der Waals surface area contributed by atoms with Crippen molar-refractivity contribution in [1.29, 1.82) is 0 Å². The van der Waals surface area contributed by atoms with Gasteiger partial charge in [0.15, 0.2) is 0 Å². The van der Waals surface area contributed by atoms with Gasteiger partial charge in [0.25, 0.3) is 0 Å². The molecule has 2 fully saturated rings. The maximum atomic E-state index is 14.1. The number of halogens is 2. The summed E-state index contributed by atoms with van der Waals surface area (Å²) in [4.78, 5) is 23.3. The molecule has 0 unspecified atom stereocenters. The van der Waals surface area contributed by atoms with Crippen LogP contribution in [0, 0.1) is 17.6 Å². The summed E-state index contributed by atoms with van der Waals surface area (Å²) in [5.74, 6) is -2.42. The molecule has 3 rings (SSSR count). The molecule has 0 heterocycles. The van der Waals surface area contributed by atoms with Crippen molar-refractivity contribution in [2.75, 3.05) is 0 Å². The molecule has 0 radical (unpaired) electrons. The maximum absolute atomic E-state index is 14.1. The lowest BCUT2D eigenvalue weighted by Gasteiger charge is -2.43. The van der Waals surface area contributed by atoms with Gasteiger partial charge in [-0.2, -0.15) is 0 Å². The largest absolute Gasteiger partial charge is 0.481 e. The van der Waals surface area contributed by atoms with Crippen LogP contribution >= 0.6 is 0 Å². The number of aliphatic carboxylic acids is 1. The van der Waals surface area contributed by atoms with Crippen LogP contribution in [0.4, 0.5) is 13.6 Å². The Morgan fingerprint density at radius 1 is 1.12 bits per heavy atom. The number of urea groups is 1. The number of carboxylic acid groups (broad SMARTS) is 1. The maximum Gasteiger partial charge on any atom is 0.315 e. The zero-order chi connectivity index (χ0) is 18.0. The fourth-order valence-corrected chi connectivity index (χ4v) is 3.79. The van der Waals surface area contributed by atoms with Gasteiger partial charge in [-0.3, -0.25) is 4.79 Å². The van der Waals surface area contributed by atoms with E-state index in [4.69, 9.17) is 5.11 Å². The van der Waals surface area contributed by atoms with Gasteiger partial charge in [-0.1, -0.05) is 6.07 Å². The first-order valence-electron chi connectivity index (χ1n) is 8.67. The van der Waals surface area contributed by atoms with E-state index in [1.54, 1.807) is 0 Å². The molecular formula is C18H22F2N2O3. The van der Waals surface area contributed by atoms with E-state index in [1.165, 1.54) is 12.1 Å². The minimum absolute atomic E-state index is 0.0780. The highest BCUT2D eigenvalue weighted by molar-refractivity contribution is 5.76. The Labute approximate surface area is 144 Å². The van der Waals surface area contributed by atoms with E-state index in [1.807, 2.05) is 0 Å². The second-order valence-corrected chi connectivity index (χ2v) is 7.05. The molecule has 0 aliphatic heterocycles. The zero-order valence-corrected chi connectivity index (χ0v) is 13.9. The monoisotopic (exact) mass is 352 g/mol. The lowest BCUT2D eigenvalue weighted by Crippen LogP contribution is -2.56. The Hall–Kier alpha value is -2.18. The summed E-state index contributed by atoms with van der Waals surface area (Å²) in [5.41, 5.74) is -0.481. The van der Waals surface area contributed by atoms with Crippen molar-refractivity contribution in [3.8, 4) is 0 Å². The molecule has 0 atom stereocenters. The van der Waals surface area contributed by atoms with Crippen LogP contribution in [0.2, 0.25) is 0 Å². The lowest BCUT2D eigenvalue weighted by molar-refractivity contribution is -0.142. The third-order valence-electron chi connectivity index (χ3n) is 5.42. The average Bonchev–Trinajstić information content (AvgIpc) is 2.52. The highest BCUT2D eigenvalue weighted by atomic mass is 19.1. The van der Waals surface area contributed by atoms with Crippen molar-refractivity contribution in [3.05, 3.63) is 35.4 Å². The van der Waals surface area contributed by atoms with Crippen molar-refractivity contribution < 1.29 is 23.5 Å². The Morgan fingerprint density at radius 2 is 1.80 bits per heavy atom. The lowest BCUT2D eigenvalue weighted by atomic mass is 9.71. The zero-order valence-electron chi connectivity index (χ0n) is 13.9. The van der Waals surface area contributed by atoms with Gasteiger partial charge in [0.2, 0.25) is 0 Å². The average molecular weight is 352 g/mol. The van der Waals surface area contributed by atoms with E-state index in [0.717, 1.165) is 12.5 Å². The van der Waals surface area contributed by atoms with Gasteiger partial charge in [0.05, 0.1) is 11.5 Å². The van der Waals surface area contributed by atoms with Crippen molar-refractivity contribution in [1.82, 2.24) is 10.6 Å². The van der Waals surface area contributed by atoms with Gasteiger partial charge < -0.3 is 15.7 Å². The van der Waals surface area contributed by atoms with Crippen LogP contribution in [-0.2, 0) is 10.3 Å². The summed E-state index contributed by atoms with van der Waals surface area (Å²) in [6.45, 7) is 0. The molecule has 1 aromatic rings. The number of benzene rings is 1. The molecule has 2 aliphatic rings. The molecule has 5 nitrogen and oxygen atoms in total. The standard InChI is InChI=1S/C18H22F2N2O3/c19-12-4-7-14(15(20)10-12)18(8-1-9-18)22-17(25)21-13-5-2-11(3-6-13)16(23)24/h4,7,10-11,13H,1-3,5-6,8-9H2,(H,23,24)(H2,21,22,25). The van der Waals surface area contributed by atoms with Crippen molar-refractivity contribution in [2.24, 2.45) is 5.92 Å². The first-order valence-corrected chi connectivity index (χ1v) is 8.67. The van der Waals surface area contributed by atoms with E-state index in [9.17, 15) is 18.4 Å². The van der Waals surface area contributed by atoms with Crippen molar-refractivity contribution >= 4 is 12.0 Å². The van der Waals surface area contributed by atoms with Crippen LogP contribution in [0.1, 0.15) is 50.5 Å². The molecule has 0 aromatic heterocycles. The smallest absolute Gasteiger partial charge is 0.315 e. The van der Waals surface area contributed by atoms with E-state index in [2.05, 4.69) is 10.6 Å². The van der Waals surface area contributed by atoms with Crippen LogP contribution < -0.4 is 10.6 Å². The predicted octanol–water partition coefficient (Wildman–Crippen LogP) is 3.29. The van der Waals surface area contributed by atoms with Gasteiger partial charge in [-0.25, -0.2) is 13.6 Å². The Bertz CT molecular complexity index is 668. The van der Waals surface area contributed by atoms with Gasteiger partial charge >= 0.3 is 12.0 Å². The number of hydrogen-bond acceptors (Lipinski definition) is 2. The van der Waals surface area contributed by atoms with Gasteiger partial charge in [-0.15, -0.1) is 0 Å². The molecule has 2 aliphatic carbocycles. The second-order valence-electron chi connectivity index (χ2n) is 7.05. The molecule has 7 heteroatoms. The van der Waals surface area contributed by atoms with E-state index in [0.29, 0.717) is 44.1 Å². The summed E-state index contributed by atoms with van der Waals surface area (Å²) >= 11 is 0. The Kier molecular flexibility index (Phi) is 4.92. The summed E-state index contributed by atoms with van der Waals surface area (Å²) in [6.07, 6.45) is 4.38. The first-order chi connectivity index (χ1) is 11.9. The van der Waals surface area contributed by atoms with E-state index in [-0.39, 0.29) is 18.0 Å². The van der Waals surface area contributed by atoms with Crippen molar-refractivity contribution in [2.45, 2.75) is 56.5 Å². The summed E-state index contributed by atoms with van der Waals surface area (Å²) in [7, 11) is 0. The summed E-state index contributed by atoms with van der Waals surface area (Å²) < 4.78 is 27.3. The molecule has 3 N–H and O–H groups in total. The third kappa shape index (κ3) is 3.75. The van der Waals surface area contributed by atoms with Crippen molar-refractivity contribution in [3.63, 3.8) is 0 Å². The Morgan fingerprint density at radius 3 is 2.32 bits per heavy atom. The van der Waals surface area contributed by atoms with E-state index < -0.39 is 23.1 Å². The number of rotatable bonds is 4. The summed E-state index contributed by atoms with van der Waals surface area (Å²) in [6, 6.07) is 2.96. The molecule has 2 amide bonds. The number of hydrogen-bond donors (Lipinski definition) is 3. The van der Waals surface area contributed by atoms with Crippen LogP contribution in [0.25, 0.3) is 0 Å². The second kappa shape index (κ2) is 6.98. The van der Waals surface area contributed by atoms with Gasteiger partial charge in [0.1, 0.15) is 11.6 Å². The Balaban J connectivity index is 1.60. The minimum Gasteiger partial charge on any atom is -0.481 e. The molecular weight excluding hydrogens is 330 g/mol. The number of nitrogens with one attached hydrogen (secondary N) is 2.